The third kappa shape index (κ3) is 8.00. The summed E-state index contributed by atoms with van der Waals surface area (Å²) >= 11 is 0. The Labute approximate surface area is 244 Å². The first-order valence-electron chi connectivity index (χ1n) is 15.6. The lowest BCUT2D eigenvalue weighted by atomic mass is 9.82. The van der Waals surface area contributed by atoms with Gasteiger partial charge in [0.1, 0.15) is 5.82 Å². The van der Waals surface area contributed by atoms with Crippen LogP contribution >= 0.6 is 0 Å². The van der Waals surface area contributed by atoms with Crippen molar-refractivity contribution in [2.24, 2.45) is 11.3 Å². The molecule has 2 fully saturated rings. The van der Waals surface area contributed by atoms with Gasteiger partial charge in [-0.05, 0) is 99.2 Å². The minimum absolute atomic E-state index is 0.0338. The number of benzene rings is 1. The number of carboxylic acid groups (broad SMARTS) is 1. The van der Waals surface area contributed by atoms with Crippen molar-refractivity contribution < 1.29 is 14.7 Å². The van der Waals surface area contributed by atoms with E-state index >= 15 is 0 Å². The second kappa shape index (κ2) is 13.2. The molecule has 3 aliphatic heterocycles. The molecule has 8 heteroatoms. The summed E-state index contributed by atoms with van der Waals surface area (Å²) in [6.45, 7) is 10.3. The molecule has 0 saturated carbocycles. The number of carboxylic acids is 1. The number of piperidine rings is 2. The van der Waals surface area contributed by atoms with Crippen LogP contribution < -0.4 is 15.5 Å². The van der Waals surface area contributed by atoms with Gasteiger partial charge in [-0.15, -0.1) is 0 Å². The molecule has 8 nitrogen and oxygen atoms in total. The fourth-order valence-electron chi connectivity index (χ4n) is 6.49. The Hall–Kier alpha value is -3.13. The summed E-state index contributed by atoms with van der Waals surface area (Å²) in [5, 5.41) is 16.2. The fourth-order valence-corrected chi connectivity index (χ4v) is 6.49. The van der Waals surface area contributed by atoms with Crippen LogP contribution in [0.5, 0.6) is 0 Å². The number of nitrogens with zero attached hydrogens (tertiary/aromatic N) is 3. The van der Waals surface area contributed by atoms with Crippen LogP contribution in [-0.2, 0) is 22.4 Å². The molecule has 0 aliphatic carbocycles. The van der Waals surface area contributed by atoms with Crippen molar-refractivity contribution in [3.8, 4) is 0 Å². The number of amides is 1. The van der Waals surface area contributed by atoms with E-state index in [1.807, 2.05) is 12.1 Å². The zero-order chi connectivity index (χ0) is 28.8. The van der Waals surface area contributed by atoms with Crippen LogP contribution in [0.2, 0.25) is 0 Å². The Kier molecular flexibility index (Phi) is 9.48. The Morgan fingerprint density at radius 3 is 2.78 bits per heavy atom. The van der Waals surface area contributed by atoms with Crippen LogP contribution in [-0.4, -0.2) is 66.1 Å². The van der Waals surface area contributed by atoms with Gasteiger partial charge in [0.2, 0.25) is 5.91 Å². The van der Waals surface area contributed by atoms with E-state index in [4.69, 9.17) is 4.98 Å². The highest BCUT2D eigenvalue weighted by molar-refractivity contribution is 5.80. The average Bonchev–Trinajstić information content (AvgIpc) is 2.97. The summed E-state index contributed by atoms with van der Waals surface area (Å²) < 4.78 is 0. The van der Waals surface area contributed by atoms with Crippen LogP contribution in [0.15, 0.2) is 36.4 Å². The Morgan fingerprint density at radius 2 is 1.98 bits per heavy atom. The van der Waals surface area contributed by atoms with Crippen molar-refractivity contribution in [1.29, 1.82) is 0 Å². The molecule has 1 aromatic heterocycles. The summed E-state index contributed by atoms with van der Waals surface area (Å²) in [6.07, 6.45) is 8.14. The van der Waals surface area contributed by atoms with Crippen LogP contribution in [0.4, 0.5) is 11.5 Å². The van der Waals surface area contributed by atoms with E-state index in [-0.39, 0.29) is 18.2 Å². The van der Waals surface area contributed by atoms with E-state index in [1.54, 1.807) is 0 Å². The number of pyridine rings is 1. The molecule has 5 rings (SSSR count). The standard InChI is InChI=1S/C33H47N5O3/c1-33(2)14-19-38(20-15-33)28-11-3-7-25(21-28)29(22-30(39)40)36-32(41)26-9-5-17-37(23-26)18-6-10-27-13-12-24-8-4-16-34-31(24)35-27/h3,7,11-13,21,26,29H,4-6,8-10,14-20,22-23H2,1-2H3,(H,34,35)(H,36,41)(H,39,40)/t26-,29+/m1/s1. The highest BCUT2D eigenvalue weighted by Gasteiger charge is 2.29. The van der Waals surface area contributed by atoms with Crippen molar-refractivity contribution in [2.75, 3.05) is 49.5 Å². The largest absolute Gasteiger partial charge is 0.481 e. The minimum Gasteiger partial charge on any atom is -0.481 e. The highest BCUT2D eigenvalue weighted by atomic mass is 16.4. The lowest BCUT2D eigenvalue weighted by Crippen LogP contribution is -2.44. The first kappa shape index (κ1) is 29.4. The van der Waals surface area contributed by atoms with Crippen LogP contribution in [0.25, 0.3) is 0 Å². The van der Waals surface area contributed by atoms with E-state index in [2.05, 4.69) is 58.5 Å². The van der Waals surface area contributed by atoms with Gasteiger partial charge in [-0.25, -0.2) is 4.98 Å². The Morgan fingerprint density at radius 1 is 1.15 bits per heavy atom. The first-order chi connectivity index (χ1) is 19.8. The number of carbonyl (C=O) groups excluding carboxylic acids is 1. The molecule has 0 unspecified atom stereocenters. The molecule has 0 bridgehead atoms. The van der Waals surface area contributed by atoms with Gasteiger partial charge in [0.15, 0.2) is 0 Å². The number of fused-ring (bicyclic) bond motifs is 1. The Balaban J connectivity index is 1.16. The van der Waals surface area contributed by atoms with Crippen molar-refractivity contribution >= 4 is 23.4 Å². The second-order valence-corrected chi connectivity index (χ2v) is 13.0. The van der Waals surface area contributed by atoms with Crippen molar-refractivity contribution in [2.45, 2.75) is 77.7 Å². The molecule has 1 aromatic carbocycles. The van der Waals surface area contributed by atoms with Gasteiger partial charge in [-0.1, -0.05) is 32.0 Å². The van der Waals surface area contributed by atoms with Crippen LogP contribution in [0.3, 0.4) is 0 Å². The predicted octanol–water partition coefficient (Wildman–Crippen LogP) is 5.04. The van der Waals surface area contributed by atoms with Crippen molar-refractivity contribution in [1.82, 2.24) is 15.2 Å². The number of aromatic nitrogens is 1. The molecule has 41 heavy (non-hydrogen) atoms. The molecule has 0 radical (unpaired) electrons. The highest BCUT2D eigenvalue weighted by Crippen LogP contribution is 2.33. The number of nitrogens with one attached hydrogen (secondary N) is 2. The zero-order valence-corrected chi connectivity index (χ0v) is 24.8. The van der Waals surface area contributed by atoms with Gasteiger partial charge in [-0.2, -0.15) is 0 Å². The molecular formula is C33H47N5O3. The smallest absolute Gasteiger partial charge is 0.305 e. The number of rotatable bonds is 10. The lowest BCUT2D eigenvalue weighted by molar-refractivity contribution is -0.138. The van der Waals surface area contributed by atoms with E-state index in [1.165, 1.54) is 12.0 Å². The van der Waals surface area contributed by atoms with E-state index in [9.17, 15) is 14.7 Å². The molecule has 2 atom stereocenters. The third-order valence-electron chi connectivity index (χ3n) is 9.19. The molecule has 3 N–H and O–H groups in total. The summed E-state index contributed by atoms with van der Waals surface area (Å²) in [6, 6.07) is 11.9. The summed E-state index contributed by atoms with van der Waals surface area (Å²) in [4.78, 5) is 34.8. The molecule has 4 heterocycles. The van der Waals surface area contributed by atoms with Crippen molar-refractivity contribution in [3.63, 3.8) is 0 Å². The number of carbonyl (C=O) groups is 2. The molecule has 2 saturated heterocycles. The Bertz CT molecular complexity index is 1210. The molecular weight excluding hydrogens is 514 g/mol. The molecule has 2 aromatic rings. The van der Waals surface area contributed by atoms with Gasteiger partial charge in [-0.3, -0.25) is 9.59 Å². The fraction of sp³-hybridized carbons (Fsp3) is 0.606. The molecule has 1 amide bonds. The number of likely N-dealkylation sites (tertiary alicyclic amines) is 1. The zero-order valence-electron chi connectivity index (χ0n) is 24.8. The second-order valence-electron chi connectivity index (χ2n) is 13.0. The van der Waals surface area contributed by atoms with Gasteiger partial charge < -0.3 is 25.5 Å². The molecule has 0 spiro atoms. The van der Waals surface area contributed by atoms with Gasteiger partial charge in [0.05, 0.1) is 18.4 Å². The lowest BCUT2D eigenvalue weighted by Gasteiger charge is -2.38. The first-order valence-corrected chi connectivity index (χ1v) is 15.6. The van der Waals surface area contributed by atoms with E-state index < -0.39 is 12.0 Å². The summed E-state index contributed by atoms with van der Waals surface area (Å²) in [5.74, 6) is -0.0198. The van der Waals surface area contributed by atoms with Crippen LogP contribution in [0.1, 0.15) is 81.7 Å². The summed E-state index contributed by atoms with van der Waals surface area (Å²) in [7, 11) is 0. The van der Waals surface area contributed by atoms with Crippen LogP contribution in [0, 0.1) is 11.3 Å². The number of aryl methyl sites for hydroxylation is 2. The average molecular weight is 562 g/mol. The SMILES string of the molecule is CC1(C)CCN(c2cccc([C@H](CC(=O)O)NC(=O)[C@@H]3CCCN(CCCc4ccc5c(n4)NCCC5)C3)c2)CC1. The monoisotopic (exact) mass is 561 g/mol. The topological polar surface area (TPSA) is 97.8 Å². The van der Waals surface area contributed by atoms with Gasteiger partial charge >= 0.3 is 5.97 Å². The summed E-state index contributed by atoms with van der Waals surface area (Å²) in [5.41, 5.74) is 4.76. The van der Waals surface area contributed by atoms with E-state index in [0.29, 0.717) is 12.0 Å². The predicted molar refractivity (Wildman–Crippen MR) is 163 cm³/mol. The maximum atomic E-state index is 13.4. The number of hydrogen-bond donors (Lipinski definition) is 3. The third-order valence-corrected chi connectivity index (χ3v) is 9.19. The normalized spacial score (nSPS) is 21.4. The number of hydrogen-bond acceptors (Lipinski definition) is 6. The van der Waals surface area contributed by atoms with Gasteiger partial charge in [0.25, 0.3) is 0 Å². The molecule has 3 aliphatic rings. The maximum Gasteiger partial charge on any atom is 0.305 e. The van der Waals surface area contributed by atoms with Gasteiger partial charge in [0, 0.05) is 37.6 Å². The molecule has 222 valence electrons. The van der Waals surface area contributed by atoms with Crippen molar-refractivity contribution in [3.05, 3.63) is 53.2 Å². The number of anilines is 2. The quantitative estimate of drug-likeness (QED) is 0.374. The minimum atomic E-state index is -0.906. The van der Waals surface area contributed by atoms with E-state index in [0.717, 1.165) is 100 Å². The number of aliphatic carboxylic acids is 1. The maximum absolute atomic E-state index is 13.4.